The van der Waals surface area contributed by atoms with E-state index < -0.39 is 40.6 Å². The number of benzene rings is 1. The van der Waals surface area contributed by atoms with E-state index in [1.165, 1.54) is 30.9 Å². The third-order valence-electron chi connectivity index (χ3n) is 5.26. The average molecular weight is 429 g/mol. The number of nitrogens with zero attached hydrogens (tertiary/aromatic N) is 4. The van der Waals surface area contributed by atoms with Crippen LogP contribution in [0.2, 0.25) is 0 Å². The molecule has 0 bridgehead atoms. The molecular weight excluding hydrogens is 412 g/mol. The van der Waals surface area contributed by atoms with Crippen molar-refractivity contribution < 1.29 is 18.4 Å². The minimum Gasteiger partial charge on any atom is -0.324 e. The van der Waals surface area contributed by atoms with E-state index in [2.05, 4.69) is 10.3 Å². The Hall–Kier alpha value is -3.89. The van der Waals surface area contributed by atoms with Gasteiger partial charge in [0, 0.05) is 33.1 Å². The maximum atomic E-state index is 14.0. The summed E-state index contributed by atoms with van der Waals surface area (Å²) in [6, 6.07) is 4.25. The Bertz CT molecular complexity index is 1360. The molecule has 3 aromatic rings. The molecule has 160 valence electrons. The number of halogens is 2. The zero-order chi connectivity index (χ0) is 22.4. The Morgan fingerprint density at radius 3 is 2.58 bits per heavy atom. The van der Waals surface area contributed by atoms with Gasteiger partial charge in [-0.3, -0.25) is 23.5 Å². The second-order valence-corrected chi connectivity index (χ2v) is 7.29. The van der Waals surface area contributed by atoms with Crippen molar-refractivity contribution in [3.05, 3.63) is 62.9 Å². The van der Waals surface area contributed by atoms with Gasteiger partial charge < -0.3 is 10.2 Å². The summed E-state index contributed by atoms with van der Waals surface area (Å²) in [7, 11) is 2.81. The predicted molar refractivity (Wildman–Crippen MR) is 108 cm³/mol. The summed E-state index contributed by atoms with van der Waals surface area (Å²) in [5.41, 5.74) is -0.805. The van der Waals surface area contributed by atoms with Gasteiger partial charge in [-0.25, -0.2) is 18.6 Å². The molecule has 0 aliphatic carbocycles. The number of anilines is 2. The number of fused-ring (bicyclic) bond motifs is 1. The van der Waals surface area contributed by atoms with Crippen LogP contribution in [0.5, 0.6) is 0 Å². The van der Waals surface area contributed by atoms with E-state index in [1.54, 1.807) is 0 Å². The molecule has 31 heavy (non-hydrogen) atoms. The highest BCUT2D eigenvalue weighted by molar-refractivity contribution is 6.03. The minimum atomic E-state index is -0.894. The molecule has 1 fully saturated rings. The van der Waals surface area contributed by atoms with E-state index in [-0.39, 0.29) is 35.4 Å². The van der Waals surface area contributed by atoms with Crippen LogP contribution in [-0.2, 0) is 23.7 Å². The largest absolute Gasteiger partial charge is 0.332 e. The summed E-state index contributed by atoms with van der Waals surface area (Å²) >= 11 is 0. The minimum absolute atomic E-state index is 0.0789. The van der Waals surface area contributed by atoms with Gasteiger partial charge in [-0.1, -0.05) is 0 Å². The van der Waals surface area contributed by atoms with E-state index in [4.69, 9.17) is 0 Å². The van der Waals surface area contributed by atoms with Crippen molar-refractivity contribution in [2.24, 2.45) is 20.0 Å². The monoisotopic (exact) mass is 429 g/mol. The third-order valence-corrected chi connectivity index (χ3v) is 5.26. The van der Waals surface area contributed by atoms with Gasteiger partial charge in [0.1, 0.15) is 17.3 Å². The van der Waals surface area contributed by atoms with Crippen LogP contribution in [0.3, 0.4) is 0 Å². The van der Waals surface area contributed by atoms with Gasteiger partial charge in [0.2, 0.25) is 11.8 Å². The van der Waals surface area contributed by atoms with Crippen molar-refractivity contribution in [1.82, 2.24) is 14.1 Å². The lowest BCUT2D eigenvalue weighted by Crippen LogP contribution is -2.37. The number of rotatable bonds is 3. The summed E-state index contributed by atoms with van der Waals surface area (Å²) in [5.74, 6) is -3.42. The standard InChI is InChI=1S/C20H17F2N5O4/c1-25-17-13(19(30)26(2)20(25)31)7-12(8-23-17)24-18(29)10-5-16(28)27(9-10)15-4-3-11(21)6-14(15)22/h3-4,6-8,10H,5,9H2,1-2H3,(H,24,29). The SMILES string of the molecule is Cn1c(=O)c2cc(NC(=O)C3CC(=O)N(c4ccc(F)cc4F)C3)cnc2n(C)c1=O. The van der Waals surface area contributed by atoms with Crippen LogP contribution in [0.25, 0.3) is 11.0 Å². The number of aromatic nitrogens is 3. The van der Waals surface area contributed by atoms with E-state index in [0.29, 0.717) is 6.07 Å². The zero-order valence-corrected chi connectivity index (χ0v) is 16.6. The Kier molecular flexibility index (Phi) is 4.88. The number of hydrogen-bond donors (Lipinski definition) is 1. The Morgan fingerprint density at radius 1 is 1.13 bits per heavy atom. The first kappa shape index (κ1) is 20.4. The van der Waals surface area contributed by atoms with Crippen molar-refractivity contribution in [2.45, 2.75) is 6.42 Å². The summed E-state index contributed by atoms with van der Waals surface area (Å²) in [5, 5.41) is 2.74. The number of hydrogen-bond acceptors (Lipinski definition) is 5. The Morgan fingerprint density at radius 2 is 1.87 bits per heavy atom. The zero-order valence-electron chi connectivity index (χ0n) is 16.6. The van der Waals surface area contributed by atoms with E-state index in [0.717, 1.165) is 21.6 Å². The first-order chi connectivity index (χ1) is 14.7. The Labute approximate surface area is 173 Å². The number of carbonyl (C=O) groups excluding carboxylic acids is 2. The van der Waals surface area contributed by atoms with Crippen LogP contribution < -0.4 is 21.5 Å². The number of nitrogens with one attached hydrogen (secondary N) is 1. The highest BCUT2D eigenvalue weighted by Gasteiger charge is 2.36. The van der Waals surface area contributed by atoms with E-state index >= 15 is 0 Å². The second kappa shape index (κ2) is 7.42. The summed E-state index contributed by atoms with van der Waals surface area (Å²) < 4.78 is 29.3. The number of amides is 2. The fourth-order valence-electron chi connectivity index (χ4n) is 3.59. The van der Waals surface area contributed by atoms with Gasteiger partial charge in [-0.15, -0.1) is 0 Å². The lowest BCUT2D eigenvalue weighted by atomic mass is 10.1. The molecule has 0 saturated carbocycles. The van der Waals surface area contributed by atoms with Crippen LogP contribution in [0.4, 0.5) is 20.2 Å². The highest BCUT2D eigenvalue weighted by atomic mass is 19.1. The summed E-state index contributed by atoms with van der Waals surface area (Å²) in [6.45, 7) is -0.0789. The maximum Gasteiger partial charge on any atom is 0.332 e. The van der Waals surface area contributed by atoms with Gasteiger partial charge in [0.15, 0.2) is 0 Å². The van der Waals surface area contributed by atoms with Gasteiger partial charge in [0.05, 0.1) is 28.9 Å². The normalized spacial score (nSPS) is 16.2. The van der Waals surface area contributed by atoms with Gasteiger partial charge in [-0.2, -0.15) is 0 Å². The van der Waals surface area contributed by atoms with Crippen molar-refractivity contribution in [3.8, 4) is 0 Å². The quantitative estimate of drug-likeness (QED) is 0.666. The maximum absolute atomic E-state index is 14.0. The lowest BCUT2D eigenvalue weighted by molar-refractivity contribution is -0.122. The summed E-state index contributed by atoms with van der Waals surface area (Å²) in [6.07, 6.45) is 1.15. The number of pyridine rings is 1. The highest BCUT2D eigenvalue weighted by Crippen LogP contribution is 2.28. The average Bonchev–Trinajstić information content (AvgIpc) is 3.12. The molecule has 1 atom stereocenters. The number of aryl methyl sites for hydroxylation is 1. The van der Waals surface area contributed by atoms with Crippen molar-refractivity contribution >= 4 is 34.2 Å². The molecule has 3 heterocycles. The smallest absolute Gasteiger partial charge is 0.324 e. The molecule has 1 aromatic carbocycles. The molecule has 1 aliphatic rings. The molecule has 9 nitrogen and oxygen atoms in total. The fraction of sp³-hybridized carbons (Fsp3) is 0.250. The molecule has 4 rings (SSSR count). The van der Waals surface area contributed by atoms with Gasteiger partial charge >= 0.3 is 5.69 Å². The second-order valence-electron chi connectivity index (χ2n) is 7.29. The van der Waals surface area contributed by atoms with Crippen LogP contribution in [0.1, 0.15) is 6.42 Å². The molecule has 1 aliphatic heterocycles. The molecule has 2 amide bonds. The molecule has 11 heteroatoms. The molecule has 1 N–H and O–H groups in total. The first-order valence-corrected chi connectivity index (χ1v) is 9.29. The molecule has 0 spiro atoms. The first-order valence-electron chi connectivity index (χ1n) is 9.29. The lowest BCUT2D eigenvalue weighted by Gasteiger charge is -2.17. The van der Waals surface area contributed by atoms with Crippen molar-refractivity contribution in [2.75, 3.05) is 16.8 Å². The van der Waals surface area contributed by atoms with Crippen LogP contribution in [0.15, 0.2) is 40.1 Å². The molecule has 2 aromatic heterocycles. The topological polar surface area (TPSA) is 106 Å². The van der Waals surface area contributed by atoms with Crippen molar-refractivity contribution in [3.63, 3.8) is 0 Å². The fourth-order valence-corrected chi connectivity index (χ4v) is 3.59. The van der Waals surface area contributed by atoms with Crippen molar-refractivity contribution in [1.29, 1.82) is 0 Å². The summed E-state index contributed by atoms with van der Waals surface area (Å²) in [4.78, 5) is 54.5. The molecular formula is C20H17F2N5O4. The molecule has 1 saturated heterocycles. The predicted octanol–water partition coefficient (Wildman–Crippen LogP) is 0.902. The Balaban J connectivity index is 1.57. The van der Waals surface area contributed by atoms with Gasteiger partial charge in [-0.05, 0) is 18.2 Å². The number of carbonyl (C=O) groups is 2. The molecule has 1 unspecified atom stereocenters. The van der Waals surface area contributed by atoms with Crippen LogP contribution in [-0.4, -0.2) is 32.5 Å². The molecule has 0 radical (unpaired) electrons. The third kappa shape index (κ3) is 3.47. The van der Waals surface area contributed by atoms with Crippen LogP contribution >= 0.6 is 0 Å². The van der Waals surface area contributed by atoms with Crippen LogP contribution in [0, 0.1) is 17.6 Å². The van der Waals surface area contributed by atoms with E-state index in [9.17, 15) is 28.0 Å². The van der Waals surface area contributed by atoms with E-state index in [1.807, 2.05) is 0 Å². The van der Waals surface area contributed by atoms with Gasteiger partial charge in [0.25, 0.3) is 5.56 Å².